The number of rotatable bonds is 4. The number of carbonyl (C=O) groups excluding carboxylic acids is 1. The van der Waals surface area contributed by atoms with Crippen LogP contribution in [0.1, 0.15) is 35.9 Å². The Hall–Kier alpha value is -2.03. The molecular formula is C12H12F2N2O2. The van der Waals surface area contributed by atoms with Crippen LogP contribution in [0.25, 0.3) is 0 Å². The highest BCUT2D eigenvalue weighted by Gasteiger charge is 2.19. The number of esters is 1. The molecule has 0 unspecified atom stereocenters. The van der Waals surface area contributed by atoms with Crippen molar-refractivity contribution in [3.8, 4) is 6.07 Å². The van der Waals surface area contributed by atoms with Gasteiger partial charge in [0.25, 0.3) is 6.43 Å². The van der Waals surface area contributed by atoms with E-state index in [2.05, 4.69) is 4.98 Å². The molecule has 0 saturated carbocycles. The Morgan fingerprint density at radius 2 is 2.28 bits per heavy atom. The minimum atomic E-state index is -2.76. The summed E-state index contributed by atoms with van der Waals surface area (Å²) in [4.78, 5) is 15.0. The second-order valence-corrected chi connectivity index (χ2v) is 3.59. The molecule has 1 heterocycles. The second-order valence-electron chi connectivity index (χ2n) is 3.59. The van der Waals surface area contributed by atoms with E-state index in [9.17, 15) is 13.6 Å². The lowest BCUT2D eigenvalue weighted by Crippen LogP contribution is -2.11. The zero-order chi connectivity index (χ0) is 13.7. The fourth-order valence-electron chi connectivity index (χ4n) is 1.56. The molecule has 0 aliphatic rings. The van der Waals surface area contributed by atoms with Crippen LogP contribution in [0.5, 0.6) is 0 Å². The molecule has 0 N–H and O–H groups in total. The highest BCUT2D eigenvalue weighted by atomic mass is 19.3. The normalized spacial score (nSPS) is 10.2. The number of ether oxygens (including phenoxy) is 1. The summed E-state index contributed by atoms with van der Waals surface area (Å²) in [6.07, 6.45) is -2.89. The predicted octanol–water partition coefficient (Wildman–Crippen LogP) is 2.30. The summed E-state index contributed by atoms with van der Waals surface area (Å²) in [6, 6.07) is 2.99. The maximum absolute atomic E-state index is 12.7. The molecule has 0 spiro atoms. The van der Waals surface area contributed by atoms with Gasteiger partial charge in [-0.1, -0.05) is 0 Å². The van der Waals surface area contributed by atoms with E-state index in [1.54, 1.807) is 13.0 Å². The van der Waals surface area contributed by atoms with Crippen LogP contribution in [-0.4, -0.2) is 17.6 Å². The number of nitriles is 1. The standard InChI is InChI=1S/C12H12F2N2O2/c1-3-18-10(17)5-8-4-7(2)11(12(13)14)9(6-15)16-8/h4,12H,3,5H2,1-2H3. The average molecular weight is 254 g/mol. The number of carbonyl (C=O) groups is 1. The highest BCUT2D eigenvalue weighted by Crippen LogP contribution is 2.25. The van der Waals surface area contributed by atoms with E-state index in [4.69, 9.17) is 10.00 Å². The molecule has 0 amide bonds. The molecule has 0 aliphatic heterocycles. The molecule has 96 valence electrons. The van der Waals surface area contributed by atoms with Crippen LogP contribution in [0.2, 0.25) is 0 Å². The maximum Gasteiger partial charge on any atom is 0.311 e. The van der Waals surface area contributed by atoms with Crippen LogP contribution >= 0.6 is 0 Å². The number of halogens is 2. The highest BCUT2D eigenvalue weighted by molar-refractivity contribution is 5.72. The molecule has 4 nitrogen and oxygen atoms in total. The van der Waals surface area contributed by atoms with Crippen LogP contribution < -0.4 is 0 Å². The maximum atomic E-state index is 12.7. The van der Waals surface area contributed by atoms with Crippen molar-refractivity contribution in [3.63, 3.8) is 0 Å². The van der Waals surface area contributed by atoms with E-state index in [-0.39, 0.29) is 35.5 Å². The van der Waals surface area contributed by atoms with Gasteiger partial charge in [-0.3, -0.25) is 4.79 Å². The molecule has 18 heavy (non-hydrogen) atoms. The van der Waals surface area contributed by atoms with Gasteiger partial charge in [-0.25, -0.2) is 13.8 Å². The van der Waals surface area contributed by atoms with Gasteiger partial charge in [-0.15, -0.1) is 0 Å². The summed E-state index contributed by atoms with van der Waals surface area (Å²) >= 11 is 0. The first-order valence-electron chi connectivity index (χ1n) is 5.33. The van der Waals surface area contributed by atoms with Gasteiger partial charge in [0, 0.05) is 0 Å². The van der Waals surface area contributed by atoms with Crippen molar-refractivity contribution in [1.82, 2.24) is 4.98 Å². The quantitative estimate of drug-likeness (QED) is 0.773. The summed E-state index contributed by atoms with van der Waals surface area (Å²) in [6.45, 7) is 3.36. The third-order valence-electron chi connectivity index (χ3n) is 2.27. The van der Waals surface area contributed by atoms with E-state index < -0.39 is 12.4 Å². The number of aryl methyl sites for hydroxylation is 1. The van der Waals surface area contributed by atoms with Crippen molar-refractivity contribution in [2.45, 2.75) is 26.7 Å². The van der Waals surface area contributed by atoms with E-state index >= 15 is 0 Å². The zero-order valence-electron chi connectivity index (χ0n) is 10.0. The van der Waals surface area contributed by atoms with E-state index in [1.165, 1.54) is 13.0 Å². The second kappa shape index (κ2) is 6.05. The lowest BCUT2D eigenvalue weighted by Gasteiger charge is -2.09. The largest absolute Gasteiger partial charge is 0.466 e. The van der Waals surface area contributed by atoms with Crippen molar-refractivity contribution in [1.29, 1.82) is 5.26 Å². The number of nitrogens with zero attached hydrogens (tertiary/aromatic N) is 2. The molecule has 1 aromatic heterocycles. The van der Waals surface area contributed by atoms with Gasteiger partial charge in [0.15, 0.2) is 0 Å². The number of pyridine rings is 1. The predicted molar refractivity (Wildman–Crippen MR) is 59.0 cm³/mol. The Labute approximate surface area is 103 Å². The molecule has 0 fully saturated rings. The lowest BCUT2D eigenvalue weighted by molar-refractivity contribution is -0.142. The fourth-order valence-corrected chi connectivity index (χ4v) is 1.56. The monoisotopic (exact) mass is 254 g/mol. The van der Waals surface area contributed by atoms with Crippen molar-refractivity contribution in [3.05, 3.63) is 28.6 Å². The minimum absolute atomic E-state index is 0.132. The topological polar surface area (TPSA) is 63.0 Å². The van der Waals surface area contributed by atoms with Gasteiger partial charge >= 0.3 is 5.97 Å². The molecule has 0 bridgehead atoms. The summed E-state index contributed by atoms with van der Waals surface area (Å²) in [5.41, 5.74) is -0.225. The molecule has 1 rings (SSSR count). The SMILES string of the molecule is CCOC(=O)Cc1cc(C)c(C(F)F)c(C#N)n1. The molecule has 0 aliphatic carbocycles. The van der Waals surface area contributed by atoms with Crippen molar-refractivity contribution >= 4 is 5.97 Å². The summed E-state index contributed by atoms with van der Waals surface area (Å²) in [7, 11) is 0. The van der Waals surface area contributed by atoms with Crippen LogP contribution in [-0.2, 0) is 16.0 Å². The smallest absolute Gasteiger partial charge is 0.311 e. The first-order valence-corrected chi connectivity index (χ1v) is 5.33. The van der Waals surface area contributed by atoms with Crippen molar-refractivity contribution in [2.24, 2.45) is 0 Å². The van der Waals surface area contributed by atoms with Gasteiger partial charge in [0.1, 0.15) is 11.8 Å². The summed E-state index contributed by atoms with van der Waals surface area (Å²) in [5.74, 6) is -0.502. The zero-order valence-corrected chi connectivity index (χ0v) is 10.0. The first-order chi connectivity index (χ1) is 8.49. The van der Waals surface area contributed by atoms with Crippen LogP contribution in [0.15, 0.2) is 6.07 Å². The summed E-state index contributed by atoms with van der Waals surface area (Å²) < 4.78 is 30.1. The molecule has 0 radical (unpaired) electrons. The molecule has 0 saturated heterocycles. The fraction of sp³-hybridized carbons (Fsp3) is 0.417. The molecule has 0 atom stereocenters. The number of aromatic nitrogens is 1. The van der Waals surface area contributed by atoms with Gasteiger partial charge in [-0.05, 0) is 25.5 Å². The Morgan fingerprint density at radius 1 is 1.61 bits per heavy atom. The molecule has 1 aromatic rings. The summed E-state index contributed by atoms with van der Waals surface area (Å²) in [5, 5.41) is 8.79. The van der Waals surface area contributed by atoms with E-state index in [0.29, 0.717) is 0 Å². The Bertz CT molecular complexity index is 496. The van der Waals surface area contributed by atoms with Gasteiger partial charge < -0.3 is 4.74 Å². The Balaban J connectivity index is 3.08. The van der Waals surface area contributed by atoms with Crippen LogP contribution in [0, 0.1) is 18.3 Å². The Morgan fingerprint density at radius 3 is 2.78 bits per heavy atom. The van der Waals surface area contributed by atoms with Crippen LogP contribution in [0.3, 0.4) is 0 Å². The van der Waals surface area contributed by atoms with Gasteiger partial charge in [0.05, 0.1) is 24.3 Å². The molecule has 6 heteroatoms. The van der Waals surface area contributed by atoms with Gasteiger partial charge in [0.2, 0.25) is 0 Å². The van der Waals surface area contributed by atoms with Crippen LogP contribution in [0.4, 0.5) is 8.78 Å². The van der Waals surface area contributed by atoms with E-state index in [1.807, 2.05) is 0 Å². The number of hydrogen-bond acceptors (Lipinski definition) is 4. The number of hydrogen-bond donors (Lipinski definition) is 0. The first kappa shape index (κ1) is 14.0. The number of alkyl halides is 2. The average Bonchev–Trinajstić information content (AvgIpc) is 2.27. The Kier molecular flexibility index (Phi) is 4.72. The molecule has 0 aromatic carbocycles. The minimum Gasteiger partial charge on any atom is -0.466 e. The molecular weight excluding hydrogens is 242 g/mol. The lowest BCUT2D eigenvalue weighted by atomic mass is 10.1. The third kappa shape index (κ3) is 3.23. The van der Waals surface area contributed by atoms with Crippen molar-refractivity contribution in [2.75, 3.05) is 6.61 Å². The van der Waals surface area contributed by atoms with Crippen molar-refractivity contribution < 1.29 is 18.3 Å². The van der Waals surface area contributed by atoms with E-state index in [0.717, 1.165) is 0 Å². The third-order valence-corrected chi connectivity index (χ3v) is 2.27. The van der Waals surface area contributed by atoms with Gasteiger partial charge in [-0.2, -0.15) is 5.26 Å².